The molecule has 0 aromatic heterocycles. The minimum atomic E-state index is -4.95. The van der Waals surface area contributed by atoms with Gasteiger partial charge in [0.2, 0.25) is 0 Å². The summed E-state index contributed by atoms with van der Waals surface area (Å²) < 4.78 is 68.1. The van der Waals surface area contributed by atoms with Crippen molar-refractivity contribution in [3.63, 3.8) is 0 Å². The topological polar surface area (TPSA) is 237 Å². The second kappa shape index (κ2) is 61.9. The molecule has 3 N–H and O–H groups in total. The van der Waals surface area contributed by atoms with Crippen molar-refractivity contribution in [3.8, 4) is 0 Å². The third-order valence-corrected chi connectivity index (χ3v) is 18.6. The zero-order valence-corrected chi connectivity index (χ0v) is 60.4. The predicted octanol–water partition coefficient (Wildman–Crippen LogP) is 20.2. The van der Waals surface area contributed by atoms with E-state index in [1.165, 1.54) is 154 Å². The number of carbonyl (C=O) groups excluding carboxylic acids is 4. The molecule has 0 aliphatic rings. The Bertz CT molecular complexity index is 1770. The molecule has 6 atom stereocenters. The fourth-order valence-electron chi connectivity index (χ4n) is 10.7. The van der Waals surface area contributed by atoms with Crippen molar-refractivity contribution < 1.29 is 80.2 Å². The van der Waals surface area contributed by atoms with Crippen molar-refractivity contribution in [2.45, 2.75) is 375 Å². The van der Waals surface area contributed by atoms with E-state index in [0.717, 1.165) is 109 Å². The van der Waals surface area contributed by atoms with Crippen LogP contribution in [-0.4, -0.2) is 96.7 Å². The molecule has 0 radical (unpaired) electrons. The van der Waals surface area contributed by atoms with E-state index in [1.807, 2.05) is 0 Å². The number of ether oxygens (including phenoxy) is 4. The zero-order chi connectivity index (χ0) is 66.6. The van der Waals surface area contributed by atoms with Crippen molar-refractivity contribution in [3.05, 3.63) is 0 Å². The van der Waals surface area contributed by atoms with Crippen LogP contribution < -0.4 is 0 Å². The van der Waals surface area contributed by atoms with Gasteiger partial charge in [0.05, 0.1) is 26.4 Å². The Labute approximate surface area is 549 Å². The first kappa shape index (κ1) is 88.1. The summed E-state index contributed by atoms with van der Waals surface area (Å²) >= 11 is 0. The highest BCUT2D eigenvalue weighted by Crippen LogP contribution is 2.45. The van der Waals surface area contributed by atoms with Gasteiger partial charge in [-0.2, -0.15) is 0 Å². The number of hydrogen-bond acceptors (Lipinski definition) is 15. The molecule has 90 heavy (non-hydrogen) atoms. The number of unbranched alkanes of at least 4 members (excludes halogenated alkanes) is 36. The minimum Gasteiger partial charge on any atom is -0.462 e. The third-order valence-electron chi connectivity index (χ3n) is 16.7. The molecule has 0 amide bonds. The van der Waals surface area contributed by atoms with Gasteiger partial charge in [-0.3, -0.25) is 37.3 Å². The van der Waals surface area contributed by atoms with Gasteiger partial charge >= 0.3 is 39.5 Å². The second-order valence-corrected chi connectivity index (χ2v) is 29.7. The first-order chi connectivity index (χ1) is 43.3. The van der Waals surface area contributed by atoms with Gasteiger partial charge in [-0.15, -0.1) is 0 Å². The number of hydrogen-bond donors (Lipinski definition) is 3. The Morgan fingerprint density at radius 3 is 0.844 bits per heavy atom. The molecule has 0 spiro atoms. The molecule has 19 heteroatoms. The van der Waals surface area contributed by atoms with E-state index in [4.69, 9.17) is 37.0 Å². The number of aliphatic hydroxyl groups excluding tert-OH is 1. The maximum atomic E-state index is 13.0. The lowest BCUT2D eigenvalue weighted by atomic mass is 9.99. The van der Waals surface area contributed by atoms with Crippen LogP contribution in [-0.2, 0) is 65.4 Å². The summed E-state index contributed by atoms with van der Waals surface area (Å²) in [4.78, 5) is 72.4. The standard InChI is InChI=1S/C71H138O17P2/c1-8-10-11-12-13-31-38-45-52-68(73)81-58-67(88-71(76)55-48-41-34-27-29-36-43-50-63(5)6)61-86-90(79,80)84-57-65(72)56-83-89(77,78)85-60-66(59-82-69(74)53-46-39-33-26-28-35-42-49-62(3)4)87-70(75)54-47-40-32-25-23-21-19-17-15-14-16-18-20-22-24-30-37-44-51-64(7)9-2/h62-67,72H,8-61H2,1-7H3,(H,77,78)(H,79,80)/t64?,65-,66-,67-/m1/s1. The molecule has 0 aliphatic carbocycles. The van der Waals surface area contributed by atoms with Gasteiger partial charge in [-0.05, 0) is 43.4 Å². The second-order valence-electron chi connectivity index (χ2n) is 26.8. The van der Waals surface area contributed by atoms with Crippen LogP contribution in [0.5, 0.6) is 0 Å². The molecular weight excluding hydrogens is 1190 g/mol. The fourth-order valence-corrected chi connectivity index (χ4v) is 12.3. The Balaban J connectivity index is 5.12. The molecule has 0 heterocycles. The lowest BCUT2D eigenvalue weighted by Gasteiger charge is -2.21. The molecule has 17 nitrogen and oxygen atoms in total. The van der Waals surface area contributed by atoms with Crippen molar-refractivity contribution in [1.82, 2.24) is 0 Å². The zero-order valence-electron chi connectivity index (χ0n) is 58.6. The number of aliphatic hydroxyl groups is 1. The average Bonchev–Trinajstić information content (AvgIpc) is 3.64. The maximum absolute atomic E-state index is 13.0. The molecule has 534 valence electrons. The highest BCUT2D eigenvalue weighted by molar-refractivity contribution is 7.47. The molecule has 0 aromatic carbocycles. The van der Waals surface area contributed by atoms with Gasteiger partial charge in [-0.25, -0.2) is 9.13 Å². The van der Waals surface area contributed by atoms with Crippen molar-refractivity contribution in [2.75, 3.05) is 39.6 Å². The van der Waals surface area contributed by atoms with Crippen molar-refractivity contribution in [1.29, 1.82) is 0 Å². The summed E-state index contributed by atoms with van der Waals surface area (Å²) in [6.45, 7) is 11.8. The Hall–Kier alpha value is -1.94. The molecule has 0 saturated carbocycles. The summed E-state index contributed by atoms with van der Waals surface area (Å²) in [6, 6.07) is 0. The minimum absolute atomic E-state index is 0.103. The molecule has 3 unspecified atom stereocenters. The number of phosphoric ester groups is 2. The van der Waals surface area contributed by atoms with Crippen LogP contribution in [0.1, 0.15) is 357 Å². The van der Waals surface area contributed by atoms with Gasteiger partial charge < -0.3 is 33.8 Å². The fraction of sp³-hybridized carbons (Fsp3) is 0.944. The molecule has 0 aromatic rings. The highest BCUT2D eigenvalue weighted by Gasteiger charge is 2.30. The van der Waals surface area contributed by atoms with E-state index in [1.54, 1.807) is 0 Å². The van der Waals surface area contributed by atoms with Gasteiger partial charge in [0.15, 0.2) is 12.2 Å². The number of carbonyl (C=O) groups is 4. The molecule has 0 fully saturated rings. The Morgan fingerprint density at radius 2 is 0.567 bits per heavy atom. The van der Waals surface area contributed by atoms with Gasteiger partial charge in [0.25, 0.3) is 0 Å². The van der Waals surface area contributed by atoms with Crippen LogP contribution in [0.25, 0.3) is 0 Å². The first-order valence-electron chi connectivity index (χ1n) is 36.9. The largest absolute Gasteiger partial charge is 0.472 e. The van der Waals surface area contributed by atoms with E-state index < -0.39 is 97.5 Å². The Morgan fingerprint density at radius 1 is 0.322 bits per heavy atom. The monoisotopic (exact) mass is 1320 g/mol. The van der Waals surface area contributed by atoms with Crippen LogP contribution in [0.4, 0.5) is 0 Å². The number of rotatable bonds is 69. The molecular formula is C71H138O17P2. The molecule has 0 rings (SSSR count). The average molecular weight is 1330 g/mol. The van der Waals surface area contributed by atoms with E-state index in [9.17, 15) is 43.2 Å². The summed E-state index contributed by atoms with van der Waals surface area (Å²) in [5.74, 6) is 0.140. The van der Waals surface area contributed by atoms with Crippen LogP contribution in [0.3, 0.4) is 0 Å². The summed E-state index contributed by atoms with van der Waals surface area (Å²) in [6.07, 6.45) is 46.2. The van der Waals surface area contributed by atoms with Gasteiger partial charge in [0.1, 0.15) is 19.3 Å². The lowest BCUT2D eigenvalue weighted by molar-refractivity contribution is -0.161. The number of esters is 4. The quantitative estimate of drug-likeness (QED) is 0.0222. The van der Waals surface area contributed by atoms with Gasteiger partial charge in [-0.1, -0.05) is 305 Å². The van der Waals surface area contributed by atoms with Crippen molar-refractivity contribution >= 4 is 39.5 Å². The lowest BCUT2D eigenvalue weighted by Crippen LogP contribution is -2.30. The summed E-state index contributed by atoms with van der Waals surface area (Å²) in [5.41, 5.74) is 0. The van der Waals surface area contributed by atoms with Crippen LogP contribution in [0.15, 0.2) is 0 Å². The van der Waals surface area contributed by atoms with Crippen LogP contribution >= 0.6 is 15.6 Å². The van der Waals surface area contributed by atoms with Crippen LogP contribution in [0.2, 0.25) is 0 Å². The van der Waals surface area contributed by atoms with E-state index >= 15 is 0 Å². The van der Waals surface area contributed by atoms with Crippen LogP contribution in [0, 0.1) is 17.8 Å². The molecule has 0 saturated heterocycles. The number of phosphoric acid groups is 2. The molecule has 0 aliphatic heterocycles. The third kappa shape index (κ3) is 63.5. The smallest absolute Gasteiger partial charge is 0.462 e. The van der Waals surface area contributed by atoms with E-state index in [2.05, 4.69) is 48.5 Å². The van der Waals surface area contributed by atoms with E-state index in [-0.39, 0.29) is 25.7 Å². The normalized spacial score (nSPS) is 14.5. The predicted molar refractivity (Wildman–Crippen MR) is 363 cm³/mol. The summed E-state index contributed by atoms with van der Waals surface area (Å²) in [5, 5.41) is 10.6. The summed E-state index contributed by atoms with van der Waals surface area (Å²) in [7, 11) is -9.90. The molecule has 0 bridgehead atoms. The van der Waals surface area contributed by atoms with E-state index in [0.29, 0.717) is 37.5 Å². The SMILES string of the molecule is CCCCCCCCCCC(=O)OC[C@H](COP(=O)(O)OC[C@H](O)COP(=O)(O)OC[C@@H](COC(=O)CCCCCCCCCC(C)C)OC(=O)CCCCCCCCCCCCCCCCCCCCC(C)CC)OC(=O)CCCCCCCCCC(C)C. The maximum Gasteiger partial charge on any atom is 0.472 e. The highest BCUT2D eigenvalue weighted by atomic mass is 31.2. The van der Waals surface area contributed by atoms with Crippen molar-refractivity contribution in [2.24, 2.45) is 17.8 Å². The Kier molecular flexibility index (Phi) is 60.6. The first-order valence-corrected chi connectivity index (χ1v) is 39.9. The van der Waals surface area contributed by atoms with Gasteiger partial charge in [0, 0.05) is 25.7 Å².